The summed E-state index contributed by atoms with van der Waals surface area (Å²) < 4.78 is 15.1. The molecule has 3 aromatic rings. The third-order valence-electron chi connectivity index (χ3n) is 6.34. The molecule has 2 atom stereocenters. The van der Waals surface area contributed by atoms with Gasteiger partial charge in [-0.2, -0.15) is 0 Å². The van der Waals surface area contributed by atoms with Crippen LogP contribution in [0.4, 0.5) is 4.39 Å². The van der Waals surface area contributed by atoms with Gasteiger partial charge in [-0.3, -0.25) is 9.59 Å². The van der Waals surface area contributed by atoms with Gasteiger partial charge in [0, 0.05) is 47.4 Å². The molecule has 6 heteroatoms. The lowest BCUT2D eigenvalue weighted by molar-refractivity contribution is 0.0594. The molecule has 0 unspecified atom stereocenters. The summed E-state index contributed by atoms with van der Waals surface area (Å²) in [6.07, 6.45) is 4.72. The van der Waals surface area contributed by atoms with Crippen molar-refractivity contribution in [3.8, 4) is 0 Å². The summed E-state index contributed by atoms with van der Waals surface area (Å²) in [5, 5.41) is 0.675. The van der Waals surface area contributed by atoms with Crippen LogP contribution >= 0.6 is 11.6 Å². The van der Waals surface area contributed by atoms with Gasteiger partial charge in [0.1, 0.15) is 5.82 Å². The van der Waals surface area contributed by atoms with Crippen molar-refractivity contribution >= 4 is 29.7 Å². The van der Waals surface area contributed by atoms with E-state index in [1.165, 1.54) is 24.3 Å². The standard InChI is InChI=1S/C26H22ClFN2O2/c27-22-8-2-17(3-9-22)1-4-20-7-12-24-21-13-18(15-30(24)26(20)32)14-29(16-21)25(31)19-5-10-23(28)11-6-19/h1-12,18,21H,13-16H2/b4-1+/t18-,21+/m0/s1. The predicted molar refractivity (Wildman–Crippen MR) is 124 cm³/mol. The molecule has 0 N–H and O–H groups in total. The van der Waals surface area contributed by atoms with Crippen molar-refractivity contribution in [1.82, 2.24) is 9.47 Å². The van der Waals surface area contributed by atoms with Crippen LogP contribution in [-0.2, 0) is 6.54 Å². The van der Waals surface area contributed by atoms with Crippen LogP contribution < -0.4 is 5.56 Å². The molecule has 4 nitrogen and oxygen atoms in total. The number of hydrogen-bond donors (Lipinski definition) is 0. The number of carbonyl (C=O) groups is 1. The number of likely N-dealkylation sites (tertiary alicyclic amines) is 1. The van der Waals surface area contributed by atoms with E-state index in [2.05, 4.69) is 0 Å². The van der Waals surface area contributed by atoms with Crippen LogP contribution in [-0.4, -0.2) is 28.5 Å². The molecule has 5 rings (SSSR count). The highest BCUT2D eigenvalue weighted by Crippen LogP contribution is 2.35. The van der Waals surface area contributed by atoms with Crippen LogP contribution in [0.1, 0.15) is 39.5 Å². The molecule has 1 fully saturated rings. The zero-order chi connectivity index (χ0) is 22.2. The van der Waals surface area contributed by atoms with Gasteiger partial charge in [-0.05, 0) is 72.5 Å². The Morgan fingerprint density at radius 1 is 0.938 bits per heavy atom. The fourth-order valence-corrected chi connectivity index (χ4v) is 4.92. The molecule has 1 aromatic heterocycles. The summed E-state index contributed by atoms with van der Waals surface area (Å²) in [4.78, 5) is 27.9. The Morgan fingerprint density at radius 2 is 1.69 bits per heavy atom. The predicted octanol–water partition coefficient (Wildman–Crippen LogP) is 5.07. The van der Waals surface area contributed by atoms with Gasteiger partial charge in [0.2, 0.25) is 0 Å². The Hall–Kier alpha value is -3.18. The van der Waals surface area contributed by atoms with E-state index < -0.39 is 0 Å². The number of carbonyl (C=O) groups excluding carboxylic acids is 1. The van der Waals surface area contributed by atoms with Crippen molar-refractivity contribution in [1.29, 1.82) is 0 Å². The Morgan fingerprint density at radius 3 is 2.44 bits per heavy atom. The average Bonchev–Trinajstić information content (AvgIpc) is 2.80. The third-order valence-corrected chi connectivity index (χ3v) is 6.59. The number of rotatable bonds is 3. The molecule has 2 bridgehead atoms. The molecule has 0 radical (unpaired) electrons. The van der Waals surface area contributed by atoms with Crippen LogP contribution in [0, 0.1) is 11.7 Å². The van der Waals surface area contributed by atoms with Gasteiger partial charge in [-0.15, -0.1) is 0 Å². The quantitative estimate of drug-likeness (QED) is 0.561. The minimum absolute atomic E-state index is 0.000671. The monoisotopic (exact) mass is 448 g/mol. The molecule has 0 saturated carbocycles. The van der Waals surface area contributed by atoms with E-state index in [4.69, 9.17) is 11.6 Å². The Bertz CT molecular complexity index is 1250. The number of fused-ring (bicyclic) bond motifs is 4. The number of amides is 1. The lowest BCUT2D eigenvalue weighted by atomic mass is 9.82. The first kappa shape index (κ1) is 20.7. The Balaban J connectivity index is 1.38. The van der Waals surface area contributed by atoms with Crippen molar-refractivity contribution in [3.63, 3.8) is 0 Å². The van der Waals surface area contributed by atoms with Crippen LogP contribution in [0.25, 0.3) is 12.2 Å². The largest absolute Gasteiger partial charge is 0.338 e. The second-order valence-electron chi connectivity index (χ2n) is 8.53. The van der Waals surface area contributed by atoms with Crippen LogP contribution in [0.15, 0.2) is 65.5 Å². The summed E-state index contributed by atoms with van der Waals surface area (Å²) >= 11 is 5.93. The van der Waals surface area contributed by atoms with E-state index in [9.17, 15) is 14.0 Å². The van der Waals surface area contributed by atoms with Gasteiger partial charge in [0.05, 0.1) is 0 Å². The topological polar surface area (TPSA) is 42.3 Å². The van der Waals surface area contributed by atoms with Gasteiger partial charge >= 0.3 is 0 Å². The maximum Gasteiger partial charge on any atom is 0.258 e. The summed E-state index contributed by atoms with van der Waals surface area (Å²) in [6, 6.07) is 17.0. The van der Waals surface area contributed by atoms with E-state index in [-0.39, 0.29) is 29.1 Å². The van der Waals surface area contributed by atoms with Gasteiger partial charge < -0.3 is 9.47 Å². The minimum atomic E-state index is -0.355. The second-order valence-corrected chi connectivity index (χ2v) is 8.97. The third kappa shape index (κ3) is 4.00. The fraction of sp³-hybridized carbons (Fsp3) is 0.231. The lowest BCUT2D eigenvalue weighted by Crippen LogP contribution is -2.49. The highest BCUT2D eigenvalue weighted by atomic mass is 35.5. The molecule has 162 valence electrons. The van der Waals surface area contributed by atoms with Crippen LogP contribution in [0.2, 0.25) is 5.02 Å². The summed E-state index contributed by atoms with van der Waals surface area (Å²) in [6.45, 7) is 1.76. The fourth-order valence-electron chi connectivity index (χ4n) is 4.79. The number of nitrogens with zero attached hydrogens (tertiary/aromatic N) is 2. The second kappa shape index (κ2) is 8.40. The summed E-state index contributed by atoms with van der Waals surface area (Å²) in [5.41, 5.74) is 3.09. The van der Waals surface area contributed by atoms with E-state index in [0.29, 0.717) is 35.8 Å². The average molecular weight is 449 g/mol. The molecule has 1 saturated heterocycles. The van der Waals surface area contributed by atoms with E-state index in [0.717, 1.165) is 17.7 Å². The van der Waals surface area contributed by atoms with E-state index in [1.54, 1.807) is 0 Å². The highest BCUT2D eigenvalue weighted by molar-refractivity contribution is 6.30. The van der Waals surface area contributed by atoms with E-state index >= 15 is 0 Å². The highest BCUT2D eigenvalue weighted by Gasteiger charge is 2.36. The minimum Gasteiger partial charge on any atom is -0.338 e. The SMILES string of the molecule is O=C(c1ccc(F)cc1)N1C[C@@H]2C[C@H](C1)c1ccc(/C=C/c3ccc(Cl)cc3)c(=O)n1C2. The van der Waals surface area contributed by atoms with Crippen molar-refractivity contribution < 1.29 is 9.18 Å². The van der Waals surface area contributed by atoms with Crippen molar-refractivity contribution in [2.45, 2.75) is 18.9 Å². The lowest BCUT2D eigenvalue weighted by Gasteiger charge is -2.43. The molecule has 3 heterocycles. The first-order chi connectivity index (χ1) is 15.5. The van der Waals surface area contributed by atoms with Gasteiger partial charge in [-0.1, -0.05) is 29.8 Å². The van der Waals surface area contributed by atoms with Crippen LogP contribution in [0.3, 0.4) is 0 Å². The van der Waals surface area contributed by atoms with Gasteiger partial charge in [0.15, 0.2) is 0 Å². The molecule has 0 aliphatic carbocycles. The number of halogens is 2. The summed E-state index contributed by atoms with van der Waals surface area (Å²) in [7, 11) is 0. The number of hydrogen-bond acceptors (Lipinski definition) is 2. The van der Waals surface area contributed by atoms with Gasteiger partial charge in [0.25, 0.3) is 11.5 Å². The molecule has 1 amide bonds. The molecule has 2 aliphatic heterocycles. The Labute approximate surface area is 190 Å². The first-order valence-corrected chi connectivity index (χ1v) is 11.1. The van der Waals surface area contributed by atoms with Crippen LogP contribution in [0.5, 0.6) is 0 Å². The van der Waals surface area contributed by atoms with Crippen molar-refractivity contribution in [2.24, 2.45) is 5.92 Å². The van der Waals surface area contributed by atoms with Crippen molar-refractivity contribution in [2.75, 3.05) is 13.1 Å². The molecule has 0 spiro atoms. The maximum atomic E-state index is 13.2. The zero-order valence-electron chi connectivity index (χ0n) is 17.4. The number of benzene rings is 2. The molecule has 2 aliphatic rings. The number of pyridine rings is 1. The van der Waals surface area contributed by atoms with E-state index in [1.807, 2.05) is 58.0 Å². The summed E-state index contributed by atoms with van der Waals surface area (Å²) in [5.74, 6) is -0.1000. The number of piperidine rings is 1. The molecule has 2 aromatic carbocycles. The molecular weight excluding hydrogens is 427 g/mol. The smallest absolute Gasteiger partial charge is 0.258 e. The van der Waals surface area contributed by atoms with Gasteiger partial charge in [-0.25, -0.2) is 4.39 Å². The van der Waals surface area contributed by atoms with Crippen molar-refractivity contribution in [3.05, 3.63) is 104 Å². The zero-order valence-corrected chi connectivity index (χ0v) is 18.1. The maximum absolute atomic E-state index is 13.2. The first-order valence-electron chi connectivity index (χ1n) is 10.7. The molecular formula is C26H22ClFN2O2. The normalized spacial score (nSPS) is 19.8. The number of aromatic nitrogens is 1. The Kier molecular flexibility index (Phi) is 5.43. The molecule has 32 heavy (non-hydrogen) atoms.